The summed E-state index contributed by atoms with van der Waals surface area (Å²) >= 11 is 6.02. The van der Waals surface area contributed by atoms with E-state index in [2.05, 4.69) is 25.2 Å². The molecule has 1 unspecified atom stereocenters. The molecule has 0 bridgehead atoms. The average molecular weight is 470 g/mol. The fourth-order valence-electron chi connectivity index (χ4n) is 4.06. The molecule has 0 spiro atoms. The van der Waals surface area contributed by atoms with Crippen LogP contribution in [0.1, 0.15) is 30.9 Å². The van der Waals surface area contributed by atoms with Crippen molar-refractivity contribution in [3.05, 3.63) is 53.4 Å². The van der Waals surface area contributed by atoms with Gasteiger partial charge in [-0.05, 0) is 36.6 Å². The van der Waals surface area contributed by atoms with E-state index in [0.29, 0.717) is 31.0 Å². The van der Waals surface area contributed by atoms with Crippen LogP contribution >= 0.6 is 11.6 Å². The van der Waals surface area contributed by atoms with Crippen molar-refractivity contribution in [1.82, 2.24) is 25.2 Å². The lowest BCUT2D eigenvalue weighted by Gasteiger charge is -2.39. The number of halogens is 1. The number of amides is 2. The van der Waals surface area contributed by atoms with Crippen molar-refractivity contribution in [2.24, 2.45) is 5.73 Å². The molecule has 0 radical (unpaired) electrons. The van der Waals surface area contributed by atoms with Crippen LogP contribution in [-0.2, 0) is 9.59 Å². The molecule has 0 saturated carbocycles. The number of nitrogens with one attached hydrogen (secondary N) is 2. The van der Waals surface area contributed by atoms with Crippen molar-refractivity contribution in [2.45, 2.75) is 30.8 Å². The molecular weight excluding hydrogens is 442 g/mol. The Morgan fingerprint density at radius 1 is 1.21 bits per heavy atom. The highest BCUT2D eigenvalue weighted by atomic mass is 35.5. The fourth-order valence-corrected chi connectivity index (χ4v) is 4.19. The number of benzene rings is 1. The van der Waals surface area contributed by atoms with Crippen molar-refractivity contribution >= 4 is 40.3 Å². The lowest BCUT2D eigenvalue weighted by atomic mass is 9.86. The number of carbonyl (C=O) groups excluding carboxylic acids is 2. The Morgan fingerprint density at radius 2 is 1.91 bits per heavy atom. The molecule has 3 aromatic rings. The maximum absolute atomic E-state index is 13.3. The van der Waals surface area contributed by atoms with Gasteiger partial charge < -0.3 is 25.8 Å². The second-order valence-electron chi connectivity index (χ2n) is 8.65. The minimum absolute atomic E-state index is 0.0876. The van der Waals surface area contributed by atoms with Crippen molar-refractivity contribution in [3.63, 3.8) is 0 Å². The Morgan fingerprint density at radius 3 is 2.58 bits per heavy atom. The Labute approximate surface area is 197 Å². The highest BCUT2D eigenvalue weighted by Gasteiger charge is 2.39. The van der Waals surface area contributed by atoms with E-state index in [1.165, 1.54) is 11.2 Å². The number of hydrogen-bond donors (Lipinski definition) is 3. The molecule has 1 saturated heterocycles. The number of nitrogens with zero attached hydrogens (tertiary/aromatic N) is 4. The first-order valence-corrected chi connectivity index (χ1v) is 11.2. The van der Waals surface area contributed by atoms with Gasteiger partial charge in [-0.1, -0.05) is 23.7 Å². The first-order chi connectivity index (χ1) is 15.8. The Hall–Kier alpha value is -3.17. The average Bonchev–Trinajstić information content (AvgIpc) is 3.28. The zero-order valence-corrected chi connectivity index (χ0v) is 19.5. The molecule has 1 aliphatic heterocycles. The molecule has 4 rings (SSSR count). The predicted octanol–water partition coefficient (Wildman–Crippen LogP) is 2.24. The highest BCUT2D eigenvalue weighted by Crippen LogP contribution is 2.29. The van der Waals surface area contributed by atoms with Gasteiger partial charge in [0, 0.05) is 38.4 Å². The largest absolute Gasteiger partial charge is 0.356 e. The van der Waals surface area contributed by atoms with Crippen LogP contribution in [-0.4, -0.2) is 64.4 Å². The molecule has 33 heavy (non-hydrogen) atoms. The topological polar surface area (TPSA) is 120 Å². The third kappa shape index (κ3) is 4.94. The number of H-pyrrole nitrogens is 1. The molecule has 1 aliphatic rings. The Kier molecular flexibility index (Phi) is 6.53. The Balaban J connectivity index is 1.47. The van der Waals surface area contributed by atoms with E-state index < -0.39 is 11.6 Å². The SMILES string of the molecule is CN(C)C(=O)CC(NC(=O)C1(N)CCN(c2ncnc3[nH]ccc23)CC1)c1ccc(Cl)cc1. The summed E-state index contributed by atoms with van der Waals surface area (Å²) < 4.78 is 0. The van der Waals surface area contributed by atoms with Crippen LogP contribution in [0.25, 0.3) is 11.0 Å². The van der Waals surface area contributed by atoms with Crippen LogP contribution in [0.4, 0.5) is 5.82 Å². The molecule has 174 valence electrons. The van der Waals surface area contributed by atoms with Gasteiger partial charge in [0.1, 0.15) is 17.8 Å². The lowest BCUT2D eigenvalue weighted by Crippen LogP contribution is -2.60. The van der Waals surface area contributed by atoms with Crippen molar-refractivity contribution < 1.29 is 9.59 Å². The maximum atomic E-state index is 13.3. The van der Waals surface area contributed by atoms with Crippen LogP contribution < -0.4 is 16.0 Å². The van der Waals surface area contributed by atoms with E-state index in [-0.39, 0.29) is 18.2 Å². The first-order valence-electron chi connectivity index (χ1n) is 10.9. The fraction of sp³-hybridized carbons (Fsp3) is 0.391. The number of aromatic amines is 1. The summed E-state index contributed by atoms with van der Waals surface area (Å²) in [5.41, 5.74) is 7.13. The van der Waals surface area contributed by atoms with E-state index in [4.69, 9.17) is 17.3 Å². The van der Waals surface area contributed by atoms with Crippen LogP contribution in [0.2, 0.25) is 5.02 Å². The predicted molar refractivity (Wildman–Crippen MR) is 128 cm³/mol. The van der Waals surface area contributed by atoms with Crippen molar-refractivity contribution in [3.8, 4) is 0 Å². The quantitative estimate of drug-likeness (QED) is 0.509. The summed E-state index contributed by atoms with van der Waals surface area (Å²) in [5.74, 6) is 0.484. The van der Waals surface area contributed by atoms with Gasteiger partial charge >= 0.3 is 0 Å². The first kappa shape index (κ1) is 23.0. The molecule has 10 heteroatoms. The smallest absolute Gasteiger partial charge is 0.240 e. The normalized spacial score (nSPS) is 16.4. The number of nitrogens with two attached hydrogens (primary N) is 1. The zero-order chi connectivity index (χ0) is 23.6. The highest BCUT2D eigenvalue weighted by molar-refractivity contribution is 6.30. The standard InChI is InChI=1S/C23H28ClN7O2/c1-30(2)19(32)13-18(15-3-5-16(24)6-4-15)29-22(33)23(25)8-11-31(12-9-23)21-17-7-10-26-20(17)27-14-28-21/h3-7,10,14,18H,8-9,11-13,25H2,1-2H3,(H,29,33)(H,26,27,28). The third-order valence-electron chi connectivity index (χ3n) is 6.20. The number of rotatable bonds is 6. The van der Waals surface area contributed by atoms with Crippen LogP contribution in [0.3, 0.4) is 0 Å². The summed E-state index contributed by atoms with van der Waals surface area (Å²) in [6.07, 6.45) is 4.42. The third-order valence-corrected chi connectivity index (χ3v) is 6.45. The lowest BCUT2D eigenvalue weighted by molar-refractivity contribution is -0.131. The zero-order valence-electron chi connectivity index (χ0n) is 18.7. The van der Waals surface area contributed by atoms with Gasteiger partial charge in [-0.2, -0.15) is 0 Å². The minimum atomic E-state index is -1.04. The maximum Gasteiger partial charge on any atom is 0.240 e. The van der Waals surface area contributed by atoms with Gasteiger partial charge in [-0.25, -0.2) is 9.97 Å². The number of anilines is 1. The summed E-state index contributed by atoms with van der Waals surface area (Å²) in [6, 6.07) is 8.58. The van der Waals surface area contributed by atoms with Crippen molar-refractivity contribution in [2.75, 3.05) is 32.1 Å². The van der Waals surface area contributed by atoms with E-state index in [1.54, 1.807) is 26.2 Å². The molecule has 1 atom stereocenters. The van der Waals surface area contributed by atoms with E-state index in [0.717, 1.165) is 22.4 Å². The molecule has 0 aliphatic carbocycles. The molecule has 1 aromatic carbocycles. The van der Waals surface area contributed by atoms with Gasteiger partial charge in [0.2, 0.25) is 11.8 Å². The van der Waals surface area contributed by atoms with Crippen LogP contribution in [0.15, 0.2) is 42.9 Å². The van der Waals surface area contributed by atoms with Gasteiger partial charge in [-0.3, -0.25) is 9.59 Å². The molecule has 4 N–H and O–H groups in total. The van der Waals surface area contributed by atoms with Crippen molar-refractivity contribution in [1.29, 1.82) is 0 Å². The summed E-state index contributed by atoms with van der Waals surface area (Å²) in [7, 11) is 3.38. The number of fused-ring (bicyclic) bond motifs is 1. The van der Waals surface area contributed by atoms with E-state index in [1.807, 2.05) is 24.4 Å². The molecular formula is C23H28ClN7O2. The monoisotopic (exact) mass is 469 g/mol. The molecule has 2 aromatic heterocycles. The molecule has 3 heterocycles. The number of piperidine rings is 1. The summed E-state index contributed by atoms with van der Waals surface area (Å²) in [4.78, 5) is 41.1. The summed E-state index contributed by atoms with van der Waals surface area (Å²) in [6.45, 7) is 1.17. The molecule has 1 fully saturated rings. The van der Waals surface area contributed by atoms with Crippen LogP contribution in [0.5, 0.6) is 0 Å². The minimum Gasteiger partial charge on any atom is -0.356 e. The summed E-state index contributed by atoms with van der Waals surface area (Å²) in [5, 5.41) is 4.56. The van der Waals surface area contributed by atoms with Gasteiger partial charge in [-0.15, -0.1) is 0 Å². The van der Waals surface area contributed by atoms with E-state index >= 15 is 0 Å². The number of carbonyl (C=O) groups is 2. The Bertz CT molecular complexity index is 1140. The number of hydrogen-bond acceptors (Lipinski definition) is 6. The second-order valence-corrected chi connectivity index (χ2v) is 9.09. The number of aromatic nitrogens is 3. The molecule has 9 nitrogen and oxygen atoms in total. The van der Waals surface area contributed by atoms with Gasteiger partial charge in [0.25, 0.3) is 0 Å². The van der Waals surface area contributed by atoms with Gasteiger partial charge in [0.15, 0.2) is 0 Å². The van der Waals surface area contributed by atoms with Gasteiger partial charge in [0.05, 0.1) is 23.4 Å². The second kappa shape index (κ2) is 9.36. The van der Waals surface area contributed by atoms with E-state index in [9.17, 15) is 9.59 Å². The molecule has 2 amide bonds. The van der Waals surface area contributed by atoms with Crippen LogP contribution in [0, 0.1) is 0 Å².